The first kappa shape index (κ1) is 11.7. The SMILES string of the molecule is Cc1c(-c2ccccc2O)ccc2sc(Br)nc12. The van der Waals surface area contributed by atoms with E-state index in [9.17, 15) is 5.11 Å². The normalized spacial score (nSPS) is 11.0. The fraction of sp³-hybridized carbons (Fsp3) is 0.0714. The molecule has 0 fully saturated rings. The maximum Gasteiger partial charge on any atom is 0.160 e. The summed E-state index contributed by atoms with van der Waals surface area (Å²) < 4.78 is 2.04. The highest BCUT2D eigenvalue weighted by molar-refractivity contribution is 9.11. The first-order valence-corrected chi connectivity index (χ1v) is 7.12. The predicted octanol–water partition coefficient (Wildman–Crippen LogP) is 4.74. The number of aromatic nitrogens is 1. The maximum atomic E-state index is 9.94. The zero-order chi connectivity index (χ0) is 12.7. The lowest BCUT2D eigenvalue weighted by Gasteiger charge is -2.08. The van der Waals surface area contributed by atoms with E-state index in [1.807, 2.05) is 37.3 Å². The van der Waals surface area contributed by atoms with E-state index in [2.05, 4.69) is 20.9 Å². The second kappa shape index (κ2) is 4.37. The molecule has 0 aliphatic heterocycles. The van der Waals surface area contributed by atoms with Gasteiger partial charge in [-0.1, -0.05) is 24.3 Å². The molecule has 0 bridgehead atoms. The molecule has 2 aromatic carbocycles. The Labute approximate surface area is 117 Å². The van der Waals surface area contributed by atoms with Crippen LogP contribution in [0.5, 0.6) is 5.75 Å². The number of phenolic OH excluding ortho intramolecular Hbond substituents is 1. The van der Waals surface area contributed by atoms with Gasteiger partial charge in [-0.15, -0.1) is 11.3 Å². The molecule has 1 aromatic heterocycles. The largest absolute Gasteiger partial charge is 0.507 e. The number of phenols is 1. The summed E-state index contributed by atoms with van der Waals surface area (Å²) in [6.45, 7) is 2.04. The average molecular weight is 320 g/mol. The van der Waals surface area contributed by atoms with Crippen LogP contribution in [0.25, 0.3) is 21.3 Å². The second-order valence-electron chi connectivity index (χ2n) is 4.07. The van der Waals surface area contributed by atoms with E-state index in [1.165, 1.54) is 0 Å². The summed E-state index contributed by atoms with van der Waals surface area (Å²) >= 11 is 5.03. The Hall–Kier alpha value is -1.39. The minimum Gasteiger partial charge on any atom is -0.507 e. The zero-order valence-electron chi connectivity index (χ0n) is 9.64. The van der Waals surface area contributed by atoms with E-state index in [0.717, 1.165) is 30.8 Å². The number of hydrogen-bond acceptors (Lipinski definition) is 3. The van der Waals surface area contributed by atoms with Gasteiger partial charge in [-0.3, -0.25) is 0 Å². The third-order valence-corrected chi connectivity index (χ3v) is 4.45. The first-order chi connectivity index (χ1) is 8.66. The Morgan fingerprint density at radius 2 is 1.89 bits per heavy atom. The van der Waals surface area contributed by atoms with Crippen molar-refractivity contribution in [1.29, 1.82) is 0 Å². The van der Waals surface area contributed by atoms with Gasteiger partial charge >= 0.3 is 0 Å². The minimum atomic E-state index is 0.300. The Bertz CT molecular complexity index is 736. The third-order valence-electron chi connectivity index (χ3n) is 2.98. The van der Waals surface area contributed by atoms with Crippen LogP contribution in [0.1, 0.15) is 5.56 Å². The highest BCUT2D eigenvalue weighted by Gasteiger charge is 2.11. The molecule has 0 aliphatic rings. The Kier molecular flexibility index (Phi) is 2.84. The summed E-state index contributed by atoms with van der Waals surface area (Å²) in [5, 5.41) is 9.94. The van der Waals surface area contributed by atoms with E-state index >= 15 is 0 Å². The Morgan fingerprint density at radius 3 is 2.67 bits per heavy atom. The zero-order valence-corrected chi connectivity index (χ0v) is 12.0. The molecule has 18 heavy (non-hydrogen) atoms. The fourth-order valence-corrected chi connectivity index (χ4v) is 3.54. The van der Waals surface area contributed by atoms with Gasteiger partial charge in [0.05, 0.1) is 10.2 Å². The molecule has 0 atom stereocenters. The number of para-hydroxylation sites is 1. The van der Waals surface area contributed by atoms with Crippen LogP contribution < -0.4 is 0 Å². The van der Waals surface area contributed by atoms with E-state index in [-0.39, 0.29) is 0 Å². The van der Waals surface area contributed by atoms with Crippen molar-refractivity contribution < 1.29 is 5.11 Å². The number of benzene rings is 2. The molecule has 3 aromatic rings. The van der Waals surface area contributed by atoms with Crippen LogP contribution in [0.15, 0.2) is 40.3 Å². The van der Waals surface area contributed by atoms with Crippen molar-refractivity contribution in [1.82, 2.24) is 4.98 Å². The number of nitrogens with zero attached hydrogens (tertiary/aromatic N) is 1. The van der Waals surface area contributed by atoms with Gasteiger partial charge in [0.2, 0.25) is 0 Å². The van der Waals surface area contributed by atoms with Crippen LogP contribution in [-0.4, -0.2) is 10.1 Å². The summed E-state index contributed by atoms with van der Waals surface area (Å²) in [6, 6.07) is 11.5. The van der Waals surface area contributed by atoms with Gasteiger partial charge in [0.25, 0.3) is 0 Å². The van der Waals surface area contributed by atoms with Crippen LogP contribution in [0.4, 0.5) is 0 Å². The fourth-order valence-electron chi connectivity index (χ4n) is 2.09. The van der Waals surface area contributed by atoms with Crippen molar-refractivity contribution in [2.45, 2.75) is 6.92 Å². The van der Waals surface area contributed by atoms with Crippen LogP contribution in [0.3, 0.4) is 0 Å². The molecular formula is C14H10BrNOS. The van der Waals surface area contributed by atoms with Gasteiger partial charge < -0.3 is 5.11 Å². The topological polar surface area (TPSA) is 33.1 Å². The molecule has 1 heterocycles. The van der Waals surface area contributed by atoms with Gasteiger partial charge in [0, 0.05) is 5.56 Å². The van der Waals surface area contributed by atoms with E-state index in [4.69, 9.17) is 0 Å². The van der Waals surface area contributed by atoms with Crippen molar-refractivity contribution in [2.24, 2.45) is 0 Å². The van der Waals surface area contributed by atoms with E-state index in [0.29, 0.717) is 5.75 Å². The number of aryl methyl sites for hydroxylation is 1. The molecular weight excluding hydrogens is 310 g/mol. The van der Waals surface area contributed by atoms with Crippen LogP contribution in [0, 0.1) is 6.92 Å². The van der Waals surface area contributed by atoms with E-state index < -0.39 is 0 Å². The van der Waals surface area contributed by atoms with E-state index in [1.54, 1.807) is 17.4 Å². The minimum absolute atomic E-state index is 0.300. The lowest BCUT2D eigenvalue weighted by Crippen LogP contribution is -1.85. The molecule has 0 amide bonds. The van der Waals surface area contributed by atoms with Crippen molar-refractivity contribution in [3.63, 3.8) is 0 Å². The highest BCUT2D eigenvalue weighted by atomic mass is 79.9. The molecule has 0 saturated heterocycles. The van der Waals surface area contributed by atoms with Crippen LogP contribution in [0.2, 0.25) is 0 Å². The lowest BCUT2D eigenvalue weighted by atomic mass is 9.99. The Balaban J connectivity index is 2.30. The summed E-state index contributed by atoms with van der Waals surface area (Å²) in [5.41, 5.74) is 3.96. The molecule has 4 heteroatoms. The van der Waals surface area contributed by atoms with Crippen molar-refractivity contribution in [2.75, 3.05) is 0 Å². The summed E-state index contributed by atoms with van der Waals surface area (Å²) in [7, 11) is 0. The summed E-state index contributed by atoms with van der Waals surface area (Å²) in [5.74, 6) is 0.300. The number of thiazole rings is 1. The van der Waals surface area contributed by atoms with Gasteiger partial charge in [-0.2, -0.15) is 0 Å². The van der Waals surface area contributed by atoms with Gasteiger partial charge in [-0.05, 0) is 46.1 Å². The maximum absolute atomic E-state index is 9.94. The molecule has 0 saturated carbocycles. The smallest absolute Gasteiger partial charge is 0.160 e. The van der Waals surface area contributed by atoms with Gasteiger partial charge in [-0.25, -0.2) is 4.98 Å². The number of rotatable bonds is 1. The number of hydrogen-bond donors (Lipinski definition) is 1. The first-order valence-electron chi connectivity index (χ1n) is 5.51. The molecule has 1 N–H and O–H groups in total. The van der Waals surface area contributed by atoms with Gasteiger partial charge in [0.15, 0.2) is 3.92 Å². The quantitative estimate of drug-likeness (QED) is 0.702. The number of fused-ring (bicyclic) bond motifs is 1. The number of aromatic hydroxyl groups is 1. The molecule has 0 aliphatic carbocycles. The van der Waals surface area contributed by atoms with Crippen LogP contribution >= 0.6 is 27.3 Å². The lowest BCUT2D eigenvalue weighted by molar-refractivity contribution is 0.477. The highest BCUT2D eigenvalue weighted by Crippen LogP contribution is 2.36. The summed E-state index contributed by atoms with van der Waals surface area (Å²) in [4.78, 5) is 4.48. The second-order valence-corrected chi connectivity index (χ2v) is 6.38. The average Bonchev–Trinajstić information content (AvgIpc) is 2.73. The number of halogens is 1. The summed E-state index contributed by atoms with van der Waals surface area (Å²) in [6.07, 6.45) is 0. The van der Waals surface area contributed by atoms with Crippen molar-refractivity contribution in [3.8, 4) is 16.9 Å². The van der Waals surface area contributed by atoms with Crippen molar-refractivity contribution in [3.05, 3.63) is 45.9 Å². The molecule has 0 spiro atoms. The van der Waals surface area contributed by atoms with Crippen molar-refractivity contribution >= 4 is 37.5 Å². The molecule has 90 valence electrons. The molecule has 0 unspecified atom stereocenters. The molecule has 0 radical (unpaired) electrons. The van der Waals surface area contributed by atoms with Crippen LogP contribution in [-0.2, 0) is 0 Å². The molecule has 2 nitrogen and oxygen atoms in total. The predicted molar refractivity (Wildman–Crippen MR) is 79.2 cm³/mol. The third kappa shape index (κ3) is 1.82. The molecule has 3 rings (SSSR count). The standard InChI is InChI=1S/C14H10BrNOS/c1-8-9(10-4-2-3-5-11(10)17)6-7-12-13(8)16-14(15)18-12/h2-7,17H,1H3. The Morgan fingerprint density at radius 1 is 1.11 bits per heavy atom. The monoisotopic (exact) mass is 319 g/mol. The van der Waals surface area contributed by atoms with Gasteiger partial charge in [0.1, 0.15) is 5.75 Å².